The van der Waals surface area contributed by atoms with E-state index in [1.165, 1.54) is 5.56 Å². The van der Waals surface area contributed by atoms with Gasteiger partial charge in [0.2, 0.25) is 0 Å². The van der Waals surface area contributed by atoms with Crippen molar-refractivity contribution in [1.82, 2.24) is 14.7 Å². The zero-order chi connectivity index (χ0) is 19.1. The van der Waals surface area contributed by atoms with Crippen LogP contribution in [0, 0.1) is 0 Å². The van der Waals surface area contributed by atoms with Gasteiger partial charge in [-0.2, -0.15) is 5.10 Å². The first-order valence-electron chi connectivity index (χ1n) is 9.73. The fourth-order valence-electron chi connectivity index (χ4n) is 3.62. The molecule has 1 aromatic heterocycles. The molecule has 0 spiro atoms. The van der Waals surface area contributed by atoms with Gasteiger partial charge in [-0.3, -0.25) is 9.58 Å². The zero-order valence-corrected chi connectivity index (χ0v) is 16.3. The minimum atomic E-state index is -0.323. The molecule has 0 fully saturated rings. The predicted octanol–water partition coefficient (Wildman–Crippen LogP) is 2.70. The predicted molar refractivity (Wildman–Crippen MR) is 104 cm³/mol. The van der Waals surface area contributed by atoms with Crippen molar-refractivity contribution in [2.45, 2.75) is 39.3 Å². The van der Waals surface area contributed by atoms with Crippen molar-refractivity contribution in [2.75, 3.05) is 33.4 Å². The second kappa shape index (κ2) is 9.67. The maximum absolute atomic E-state index is 12.4. The molecule has 6 heteroatoms. The number of aromatic nitrogens is 2. The molecule has 0 saturated heterocycles. The Morgan fingerprint density at radius 1 is 1.22 bits per heavy atom. The highest BCUT2D eigenvalue weighted by Gasteiger charge is 2.28. The average molecular weight is 371 g/mol. The van der Waals surface area contributed by atoms with Crippen LogP contribution in [0.2, 0.25) is 0 Å². The Morgan fingerprint density at radius 3 is 2.78 bits per heavy atom. The van der Waals surface area contributed by atoms with E-state index in [0.717, 1.165) is 50.2 Å². The lowest BCUT2D eigenvalue weighted by Crippen LogP contribution is -2.33. The smallest absolute Gasteiger partial charge is 0.359 e. The third-order valence-corrected chi connectivity index (χ3v) is 4.97. The Morgan fingerprint density at radius 2 is 2.04 bits per heavy atom. The number of aryl methyl sites for hydroxylation is 1. The lowest BCUT2D eigenvalue weighted by atomic mass is 10.0. The van der Waals surface area contributed by atoms with Crippen LogP contribution in [0.4, 0.5) is 0 Å². The van der Waals surface area contributed by atoms with Gasteiger partial charge >= 0.3 is 5.97 Å². The molecule has 146 valence electrons. The molecule has 27 heavy (non-hydrogen) atoms. The van der Waals surface area contributed by atoms with Crippen LogP contribution in [-0.4, -0.2) is 54.1 Å². The minimum Gasteiger partial charge on any atom is -0.461 e. The molecule has 0 aliphatic carbocycles. The lowest BCUT2D eigenvalue weighted by Gasteiger charge is -2.27. The molecule has 0 unspecified atom stereocenters. The summed E-state index contributed by atoms with van der Waals surface area (Å²) in [4.78, 5) is 14.8. The monoisotopic (exact) mass is 371 g/mol. The summed E-state index contributed by atoms with van der Waals surface area (Å²) in [5.41, 5.74) is 4.01. The van der Waals surface area contributed by atoms with E-state index in [4.69, 9.17) is 9.47 Å². The second-order valence-electron chi connectivity index (χ2n) is 6.83. The van der Waals surface area contributed by atoms with Gasteiger partial charge in [0.05, 0.1) is 19.8 Å². The number of methoxy groups -OCH3 is 1. The Bertz CT molecular complexity index is 743. The summed E-state index contributed by atoms with van der Waals surface area (Å²) >= 11 is 0. The van der Waals surface area contributed by atoms with Gasteiger partial charge in [-0.25, -0.2) is 4.79 Å². The summed E-state index contributed by atoms with van der Waals surface area (Å²) in [6.07, 6.45) is 3.07. The molecule has 0 radical (unpaired) electrons. The van der Waals surface area contributed by atoms with E-state index < -0.39 is 0 Å². The van der Waals surface area contributed by atoms with Gasteiger partial charge in [-0.05, 0) is 31.9 Å². The Labute approximate surface area is 161 Å². The zero-order valence-electron chi connectivity index (χ0n) is 16.3. The number of esters is 1. The molecule has 0 saturated carbocycles. The molecule has 1 aliphatic heterocycles. The maximum atomic E-state index is 12.4. The van der Waals surface area contributed by atoms with Crippen LogP contribution in [0.15, 0.2) is 30.3 Å². The summed E-state index contributed by atoms with van der Waals surface area (Å²) in [5.74, 6) is -0.323. The van der Waals surface area contributed by atoms with Crippen LogP contribution in [0.25, 0.3) is 0 Å². The van der Waals surface area contributed by atoms with Gasteiger partial charge in [0.15, 0.2) is 5.69 Å². The summed E-state index contributed by atoms with van der Waals surface area (Å²) in [6, 6.07) is 10.6. The van der Waals surface area contributed by atoms with E-state index in [0.29, 0.717) is 25.5 Å². The standard InChI is InChI=1S/C21H29N3O3/c1-3-27-21(25)20-18-16-23(12-7-10-17-8-5-4-6-9-17)13-11-19(18)24(22-20)14-15-26-2/h4-6,8-9H,3,7,10-16H2,1-2H3. The van der Waals surface area contributed by atoms with Crippen molar-refractivity contribution in [2.24, 2.45) is 0 Å². The van der Waals surface area contributed by atoms with Crippen LogP contribution < -0.4 is 0 Å². The van der Waals surface area contributed by atoms with Gasteiger partial charge in [0.1, 0.15) is 0 Å². The van der Waals surface area contributed by atoms with Crippen LogP contribution in [-0.2, 0) is 35.4 Å². The molecular weight excluding hydrogens is 342 g/mol. The largest absolute Gasteiger partial charge is 0.461 e. The number of nitrogens with zero attached hydrogens (tertiary/aromatic N) is 3. The SMILES string of the molecule is CCOC(=O)c1nn(CCOC)c2c1CN(CCCc1ccccc1)CC2. The number of ether oxygens (including phenoxy) is 2. The molecule has 1 aliphatic rings. The first-order chi connectivity index (χ1) is 13.2. The molecule has 2 heterocycles. The van der Waals surface area contributed by atoms with Crippen molar-refractivity contribution >= 4 is 5.97 Å². The highest BCUT2D eigenvalue weighted by Crippen LogP contribution is 2.24. The van der Waals surface area contributed by atoms with E-state index in [9.17, 15) is 4.79 Å². The van der Waals surface area contributed by atoms with Crippen molar-refractivity contribution in [3.63, 3.8) is 0 Å². The first-order valence-corrected chi connectivity index (χ1v) is 9.73. The number of carbonyl (C=O) groups excluding carboxylic acids is 1. The van der Waals surface area contributed by atoms with Crippen molar-refractivity contribution in [3.05, 3.63) is 52.8 Å². The van der Waals surface area contributed by atoms with E-state index >= 15 is 0 Å². The molecule has 0 N–H and O–H groups in total. The van der Waals surface area contributed by atoms with Gasteiger partial charge in [-0.15, -0.1) is 0 Å². The highest BCUT2D eigenvalue weighted by atomic mass is 16.5. The minimum absolute atomic E-state index is 0.323. The number of carbonyl (C=O) groups is 1. The molecular formula is C21H29N3O3. The summed E-state index contributed by atoms with van der Waals surface area (Å²) in [6.45, 7) is 6.18. The fourth-order valence-corrected chi connectivity index (χ4v) is 3.62. The average Bonchev–Trinajstić information content (AvgIpc) is 3.05. The summed E-state index contributed by atoms with van der Waals surface area (Å²) in [7, 11) is 1.68. The fraction of sp³-hybridized carbons (Fsp3) is 0.524. The first kappa shape index (κ1) is 19.6. The van der Waals surface area contributed by atoms with Crippen molar-refractivity contribution in [1.29, 1.82) is 0 Å². The quantitative estimate of drug-likeness (QED) is 0.635. The third kappa shape index (κ3) is 4.96. The summed E-state index contributed by atoms with van der Waals surface area (Å²) < 4.78 is 12.3. The molecule has 6 nitrogen and oxygen atoms in total. The number of fused-ring (bicyclic) bond motifs is 1. The number of benzene rings is 1. The molecule has 0 bridgehead atoms. The number of hydrogen-bond donors (Lipinski definition) is 0. The molecule has 0 atom stereocenters. The van der Waals surface area contributed by atoms with Crippen LogP contribution in [0.1, 0.15) is 40.7 Å². The summed E-state index contributed by atoms with van der Waals surface area (Å²) in [5, 5.41) is 4.55. The Kier molecular flexibility index (Phi) is 7.01. The second-order valence-corrected chi connectivity index (χ2v) is 6.83. The topological polar surface area (TPSA) is 56.6 Å². The van der Waals surface area contributed by atoms with Gasteiger partial charge in [0.25, 0.3) is 0 Å². The number of hydrogen-bond acceptors (Lipinski definition) is 5. The number of rotatable bonds is 9. The van der Waals surface area contributed by atoms with E-state index in [2.05, 4.69) is 34.3 Å². The highest BCUT2D eigenvalue weighted by molar-refractivity contribution is 5.89. The van der Waals surface area contributed by atoms with Crippen LogP contribution in [0.5, 0.6) is 0 Å². The van der Waals surface area contributed by atoms with Crippen molar-refractivity contribution < 1.29 is 14.3 Å². The van der Waals surface area contributed by atoms with Gasteiger partial charge in [-0.1, -0.05) is 30.3 Å². The molecule has 0 amide bonds. The van der Waals surface area contributed by atoms with E-state index in [1.807, 2.05) is 17.7 Å². The third-order valence-electron chi connectivity index (χ3n) is 4.97. The maximum Gasteiger partial charge on any atom is 0.359 e. The van der Waals surface area contributed by atoms with Crippen LogP contribution >= 0.6 is 0 Å². The molecule has 2 aromatic rings. The van der Waals surface area contributed by atoms with Crippen molar-refractivity contribution in [3.8, 4) is 0 Å². The lowest BCUT2D eigenvalue weighted by molar-refractivity contribution is 0.0515. The van der Waals surface area contributed by atoms with Gasteiger partial charge < -0.3 is 9.47 Å². The van der Waals surface area contributed by atoms with E-state index in [1.54, 1.807) is 7.11 Å². The Hall–Kier alpha value is -2.18. The normalized spacial score (nSPS) is 14.1. The van der Waals surface area contributed by atoms with Gasteiger partial charge in [0, 0.05) is 37.9 Å². The molecule has 3 rings (SSSR count). The van der Waals surface area contributed by atoms with E-state index in [-0.39, 0.29) is 5.97 Å². The Balaban J connectivity index is 1.67. The van der Waals surface area contributed by atoms with Crippen LogP contribution in [0.3, 0.4) is 0 Å². The molecule has 1 aromatic carbocycles.